The molecule has 22 heavy (non-hydrogen) atoms. The van der Waals surface area contributed by atoms with Crippen molar-refractivity contribution in [3.63, 3.8) is 0 Å². The second-order valence-electron chi connectivity index (χ2n) is 5.30. The Bertz CT molecular complexity index is 508. The molecule has 1 saturated heterocycles. The van der Waals surface area contributed by atoms with Gasteiger partial charge in [0.25, 0.3) is 0 Å². The average molecular weight is 338 g/mol. The van der Waals surface area contributed by atoms with Crippen LogP contribution in [-0.4, -0.2) is 19.6 Å². The summed E-state index contributed by atoms with van der Waals surface area (Å²) >= 11 is 0. The largest absolute Gasteiger partial charge is 0.469 e. The number of halogens is 4. The van der Waals surface area contributed by atoms with E-state index in [4.69, 9.17) is 0 Å². The van der Waals surface area contributed by atoms with Crippen molar-refractivity contribution in [3.05, 3.63) is 35.4 Å². The van der Waals surface area contributed by atoms with Gasteiger partial charge in [-0.05, 0) is 43.0 Å². The molecule has 3 nitrogen and oxygen atoms in total. The van der Waals surface area contributed by atoms with Gasteiger partial charge < -0.3 is 10.1 Å². The molecule has 1 aromatic rings. The Morgan fingerprint density at radius 2 is 2.14 bits per heavy atom. The third-order valence-electron chi connectivity index (χ3n) is 3.81. The van der Waals surface area contributed by atoms with E-state index >= 15 is 0 Å². The second-order valence-corrected chi connectivity index (χ2v) is 5.30. The van der Waals surface area contributed by atoms with Crippen molar-refractivity contribution in [2.45, 2.75) is 31.5 Å². The minimum atomic E-state index is -4.34. The van der Waals surface area contributed by atoms with Crippen LogP contribution in [0.1, 0.15) is 36.4 Å². The van der Waals surface area contributed by atoms with Crippen LogP contribution in [0.4, 0.5) is 13.2 Å². The number of hydrogen-bond donors (Lipinski definition) is 1. The van der Waals surface area contributed by atoms with E-state index in [0.717, 1.165) is 12.5 Å². The van der Waals surface area contributed by atoms with E-state index in [1.54, 1.807) is 6.07 Å². The highest BCUT2D eigenvalue weighted by molar-refractivity contribution is 5.85. The molecule has 1 aliphatic heterocycles. The third-order valence-corrected chi connectivity index (χ3v) is 3.81. The number of ether oxygens (including phenoxy) is 1. The van der Waals surface area contributed by atoms with Gasteiger partial charge in [-0.1, -0.05) is 12.1 Å². The summed E-state index contributed by atoms with van der Waals surface area (Å²) in [4.78, 5) is 11.3. The Labute approximate surface area is 133 Å². The third kappa shape index (κ3) is 4.88. The molecular formula is C15H19ClF3NO2. The van der Waals surface area contributed by atoms with Crippen LogP contribution in [-0.2, 0) is 15.7 Å². The number of piperidine rings is 1. The molecule has 0 unspecified atom stereocenters. The monoisotopic (exact) mass is 337 g/mol. The van der Waals surface area contributed by atoms with Crippen LogP contribution >= 0.6 is 12.4 Å². The molecule has 1 N–H and O–H groups in total. The van der Waals surface area contributed by atoms with Crippen molar-refractivity contribution < 1.29 is 22.7 Å². The average Bonchev–Trinajstić information content (AvgIpc) is 2.46. The van der Waals surface area contributed by atoms with E-state index < -0.39 is 11.7 Å². The fourth-order valence-corrected chi connectivity index (χ4v) is 2.69. The molecule has 1 fully saturated rings. The maximum Gasteiger partial charge on any atom is 0.416 e. The Balaban J connectivity index is 0.00000242. The molecule has 2 rings (SSSR count). The second kappa shape index (κ2) is 7.83. The predicted molar refractivity (Wildman–Crippen MR) is 78.8 cm³/mol. The smallest absolute Gasteiger partial charge is 0.416 e. The van der Waals surface area contributed by atoms with Gasteiger partial charge in [0.1, 0.15) is 0 Å². The summed E-state index contributed by atoms with van der Waals surface area (Å²) in [7, 11) is 1.34. The highest BCUT2D eigenvalue weighted by Crippen LogP contribution is 2.34. The zero-order valence-corrected chi connectivity index (χ0v) is 13.0. The first-order chi connectivity index (χ1) is 9.90. The van der Waals surface area contributed by atoms with Gasteiger partial charge in [-0.2, -0.15) is 13.2 Å². The Hall–Kier alpha value is -1.27. The molecule has 124 valence electrons. The van der Waals surface area contributed by atoms with E-state index in [2.05, 4.69) is 10.1 Å². The van der Waals surface area contributed by atoms with Gasteiger partial charge in [0.2, 0.25) is 0 Å². The fraction of sp³-hybridized carbons (Fsp3) is 0.533. The van der Waals surface area contributed by atoms with Gasteiger partial charge in [-0.25, -0.2) is 0 Å². The first kappa shape index (κ1) is 18.8. The highest BCUT2D eigenvalue weighted by Gasteiger charge is 2.32. The summed E-state index contributed by atoms with van der Waals surface area (Å²) < 4.78 is 42.9. The maximum atomic E-state index is 12.7. The minimum absolute atomic E-state index is 0. The van der Waals surface area contributed by atoms with Crippen LogP contribution in [0.15, 0.2) is 24.3 Å². The lowest BCUT2D eigenvalue weighted by Gasteiger charge is -2.30. The van der Waals surface area contributed by atoms with Gasteiger partial charge in [-0.15, -0.1) is 12.4 Å². The summed E-state index contributed by atoms with van der Waals surface area (Å²) in [5.41, 5.74) is -0.0312. The lowest BCUT2D eigenvalue weighted by Crippen LogP contribution is -2.33. The molecule has 1 aromatic carbocycles. The molecule has 7 heteroatoms. The van der Waals surface area contributed by atoms with E-state index in [1.165, 1.54) is 19.2 Å². The number of carbonyl (C=O) groups excluding carboxylic acids is 1. The quantitative estimate of drug-likeness (QED) is 0.854. The van der Waals surface area contributed by atoms with Crippen LogP contribution in [0, 0.1) is 5.92 Å². The first-order valence-electron chi connectivity index (χ1n) is 6.87. The minimum Gasteiger partial charge on any atom is -0.469 e. The zero-order valence-electron chi connectivity index (χ0n) is 12.2. The van der Waals surface area contributed by atoms with Crippen LogP contribution in [0.2, 0.25) is 0 Å². The van der Waals surface area contributed by atoms with Gasteiger partial charge in [0, 0.05) is 12.5 Å². The van der Waals surface area contributed by atoms with E-state index in [0.29, 0.717) is 24.9 Å². The first-order valence-corrected chi connectivity index (χ1v) is 6.87. The number of esters is 1. The highest BCUT2D eigenvalue weighted by atomic mass is 35.5. The number of benzene rings is 1. The van der Waals surface area contributed by atoms with Crippen molar-refractivity contribution in [3.8, 4) is 0 Å². The molecule has 0 saturated carbocycles. The zero-order chi connectivity index (χ0) is 15.5. The van der Waals surface area contributed by atoms with Gasteiger partial charge in [0.05, 0.1) is 12.7 Å². The lowest BCUT2D eigenvalue weighted by molar-refractivity contribution is -0.142. The normalized spacial score (nSPS) is 21.8. The maximum absolute atomic E-state index is 12.7. The van der Waals surface area contributed by atoms with Crippen LogP contribution in [0.5, 0.6) is 0 Å². The fourth-order valence-electron chi connectivity index (χ4n) is 2.69. The molecule has 0 bridgehead atoms. The Kier molecular flexibility index (Phi) is 6.68. The molecule has 0 aliphatic carbocycles. The summed E-state index contributed by atoms with van der Waals surface area (Å²) in [5, 5.41) is 3.22. The van der Waals surface area contributed by atoms with E-state index in [9.17, 15) is 18.0 Å². The van der Waals surface area contributed by atoms with Crippen molar-refractivity contribution in [2.24, 2.45) is 5.92 Å². The van der Waals surface area contributed by atoms with Crippen LogP contribution in [0.25, 0.3) is 0 Å². The number of hydrogen-bond acceptors (Lipinski definition) is 3. The SMILES string of the molecule is COC(=O)C[C@H]1CCN[C@@H](c2cccc(C(F)(F)F)c2)C1.Cl. The Morgan fingerprint density at radius 3 is 2.77 bits per heavy atom. The molecule has 1 aliphatic rings. The van der Waals surface area contributed by atoms with Crippen molar-refractivity contribution in [2.75, 3.05) is 13.7 Å². The topological polar surface area (TPSA) is 38.3 Å². The molecule has 1 heterocycles. The van der Waals surface area contributed by atoms with Crippen molar-refractivity contribution >= 4 is 18.4 Å². The van der Waals surface area contributed by atoms with Crippen molar-refractivity contribution in [1.29, 1.82) is 0 Å². The van der Waals surface area contributed by atoms with Gasteiger partial charge >= 0.3 is 12.1 Å². The van der Waals surface area contributed by atoms with Crippen LogP contribution in [0.3, 0.4) is 0 Å². The lowest BCUT2D eigenvalue weighted by atomic mass is 9.86. The molecule has 0 spiro atoms. The standard InChI is InChI=1S/C15H18F3NO2.ClH/c1-21-14(20)8-10-5-6-19-13(7-10)11-3-2-4-12(9-11)15(16,17)18;/h2-4,9-10,13,19H,5-8H2,1H3;1H/t10-,13+;/m0./s1. The molecule has 0 aromatic heterocycles. The number of methoxy groups -OCH3 is 1. The molecule has 2 atom stereocenters. The van der Waals surface area contributed by atoms with E-state index in [1.807, 2.05) is 0 Å². The summed E-state index contributed by atoms with van der Waals surface area (Å²) in [6.07, 6.45) is -2.56. The number of rotatable bonds is 3. The Morgan fingerprint density at radius 1 is 1.41 bits per heavy atom. The molecular weight excluding hydrogens is 319 g/mol. The van der Waals surface area contributed by atoms with Gasteiger partial charge in [0.15, 0.2) is 0 Å². The summed E-state index contributed by atoms with van der Waals surface area (Å²) in [6.45, 7) is 0.683. The predicted octanol–water partition coefficient (Wildman–Crippen LogP) is 3.73. The molecule has 0 amide bonds. The number of carbonyl (C=O) groups is 1. The number of alkyl halides is 3. The summed E-state index contributed by atoms with van der Waals surface area (Å²) in [6, 6.07) is 5.20. The van der Waals surface area contributed by atoms with Gasteiger partial charge in [-0.3, -0.25) is 4.79 Å². The summed E-state index contributed by atoms with van der Waals surface area (Å²) in [5.74, 6) is -0.136. The van der Waals surface area contributed by atoms with Crippen LogP contribution < -0.4 is 5.32 Å². The number of nitrogens with one attached hydrogen (secondary N) is 1. The molecule has 0 radical (unpaired) electrons. The van der Waals surface area contributed by atoms with Crippen molar-refractivity contribution in [1.82, 2.24) is 5.32 Å². The van der Waals surface area contributed by atoms with E-state index in [-0.39, 0.29) is 30.3 Å².